The second-order valence-electron chi connectivity index (χ2n) is 5.90. The van der Waals surface area contributed by atoms with Crippen LogP contribution in [-0.2, 0) is 14.8 Å². The van der Waals surface area contributed by atoms with E-state index in [1.807, 2.05) is 6.07 Å². The third-order valence-electron chi connectivity index (χ3n) is 4.04. The fourth-order valence-electron chi connectivity index (χ4n) is 2.65. The second-order valence-corrected chi connectivity index (χ2v) is 7.94. The summed E-state index contributed by atoms with van der Waals surface area (Å²) in [4.78, 5) is 0.195. The van der Waals surface area contributed by atoms with Gasteiger partial charge in [-0.05, 0) is 49.9 Å². The predicted molar refractivity (Wildman–Crippen MR) is 88.5 cm³/mol. The van der Waals surface area contributed by atoms with Crippen LogP contribution in [0.2, 0.25) is 0 Å². The van der Waals surface area contributed by atoms with Gasteiger partial charge in [0.2, 0.25) is 10.0 Å². The fourth-order valence-corrected chi connectivity index (χ4v) is 3.72. The van der Waals surface area contributed by atoms with Crippen LogP contribution >= 0.6 is 0 Å². The lowest BCUT2D eigenvalue weighted by Crippen LogP contribution is -2.28. The highest BCUT2D eigenvalue weighted by molar-refractivity contribution is 7.89. The quantitative estimate of drug-likeness (QED) is 0.804. The van der Waals surface area contributed by atoms with Crippen LogP contribution in [-0.4, -0.2) is 45.6 Å². The SMILES string of the molecule is CC1CC(CNc2ccc(S(=O)(=O)N(C)CC#N)cc2)CCO1. The molecule has 0 saturated carbocycles. The molecule has 0 radical (unpaired) electrons. The van der Waals surface area contributed by atoms with Crippen LogP contribution in [0.5, 0.6) is 0 Å². The van der Waals surface area contributed by atoms with E-state index in [1.165, 1.54) is 7.05 Å². The zero-order valence-corrected chi connectivity index (χ0v) is 14.3. The fraction of sp³-hybridized carbons (Fsp3) is 0.562. The Morgan fingerprint density at radius 1 is 1.39 bits per heavy atom. The molecule has 1 aromatic carbocycles. The highest BCUT2D eigenvalue weighted by Crippen LogP contribution is 2.22. The van der Waals surface area contributed by atoms with Gasteiger partial charge in [-0.25, -0.2) is 8.42 Å². The van der Waals surface area contributed by atoms with E-state index in [0.29, 0.717) is 12.0 Å². The largest absolute Gasteiger partial charge is 0.385 e. The van der Waals surface area contributed by atoms with Crippen molar-refractivity contribution in [3.8, 4) is 6.07 Å². The summed E-state index contributed by atoms with van der Waals surface area (Å²) in [6.07, 6.45) is 2.39. The van der Waals surface area contributed by atoms with Gasteiger partial charge in [-0.1, -0.05) is 0 Å². The molecule has 7 heteroatoms. The standard InChI is InChI=1S/C16H23N3O3S/c1-13-11-14(7-10-22-13)12-18-15-3-5-16(6-4-15)23(20,21)19(2)9-8-17/h3-6,13-14,18H,7,9-12H2,1-2H3. The summed E-state index contributed by atoms with van der Waals surface area (Å²) in [6.45, 7) is 3.58. The van der Waals surface area contributed by atoms with Gasteiger partial charge in [0.15, 0.2) is 0 Å². The molecule has 1 saturated heterocycles. The summed E-state index contributed by atoms with van der Waals surface area (Å²) in [5, 5.41) is 12.0. The van der Waals surface area contributed by atoms with Gasteiger partial charge in [0.05, 0.1) is 17.1 Å². The summed E-state index contributed by atoms with van der Waals surface area (Å²) in [6, 6.07) is 8.49. The molecule has 1 heterocycles. The third-order valence-corrected chi connectivity index (χ3v) is 5.86. The van der Waals surface area contributed by atoms with Crippen LogP contribution in [0.4, 0.5) is 5.69 Å². The monoisotopic (exact) mass is 337 g/mol. The van der Waals surface area contributed by atoms with Crippen LogP contribution in [0, 0.1) is 17.2 Å². The molecule has 1 aromatic rings. The topological polar surface area (TPSA) is 82.4 Å². The van der Waals surface area contributed by atoms with Crippen molar-refractivity contribution in [1.82, 2.24) is 4.31 Å². The molecular formula is C16H23N3O3S. The van der Waals surface area contributed by atoms with Gasteiger partial charge in [0.1, 0.15) is 6.54 Å². The highest BCUT2D eigenvalue weighted by atomic mass is 32.2. The average Bonchev–Trinajstić information content (AvgIpc) is 2.53. The Balaban J connectivity index is 1.95. The molecule has 2 atom stereocenters. The van der Waals surface area contributed by atoms with E-state index in [4.69, 9.17) is 10.00 Å². The summed E-state index contributed by atoms with van der Waals surface area (Å²) >= 11 is 0. The lowest BCUT2D eigenvalue weighted by molar-refractivity contribution is 0.00558. The number of benzene rings is 1. The van der Waals surface area contributed by atoms with E-state index in [-0.39, 0.29) is 11.4 Å². The van der Waals surface area contributed by atoms with E-state index in [2.05, 4.69) is 12.2 Å². The number of nitrogens with zero attached hydrogens (tertiary/aromatic N) is 2. The van der Waals surface area contributed by atoms with Crippen molar-refractivity contribution in [2.24, 2.45) is 5.92 Å². The number of ether oxygens (including phenoxy) is 1. The van der Waals surface area contributed by atoms with Crippen molar-refractivity contribution in [3.63, 3.8) is 0 Å². The maximum atomic E-state index is 12.2. The third kappa shape index (κ3) is 4.67. The van der Waals surface area contributed by atoms with Crippen LogP contribution in [0.3, 0.4) is 0 Å². The lowest BCUT2D eigenvalue weighted by atomic mass is 9.96. The molecule has 0 bridgehead atoms. The number of nitriles is 1. The molecular weight excluding hydrogens is 314 g/mol. The van der Waals surface area contributed by atoms with Gasteiger partial charge in [0.25, 0.3) is 0 Å². The van der Waals surface area contributed by atoms with E-state index in [0.717, 1.165) is 36.0 Å². The van der Waals surface area contributed by atoms with Crippen LogP contribution in [0.1, 0.15) is 19.8 Å². The van der Waals surface area contributed by atoms with Crippen molar-refractivity contribution < 1.29 is 13.2 Å². The molecule has 126 valence electrons. The van der Waals surface area contributed by atoms with Gasteiger partial charge in [0, 0.05) is 25.9 Å². The van der Waals surface area contributed by atoms with E-state index >= 15 is 0 Å². The van der Waals surface area contributed by atoms with Gasteiger partial charge in [-0.3, -0.25) is 0 Å². The summed E-state index contributed by atoms with van der Waals surface area (Å²) in [5.74, 6) is 0.573. The minimum Gasteiger partial charge on any atom is -0.385 e. The highest BCUT2D eigenvalue weighted by Gasteiger charge is 2.21. The molecule has 1 aliphatic rings. The van der Waals surface area contributed by atoms with E-state index in [9.17, 15) is 8.42 Å². The number of nitrogens with one attached hydrogen (secondary N) is 1. The van der Waals surface area contributed by atoms with Crippen LogP contribution < -0.4 is 5.32 Å². The zero-order chi connectivity index (χ0) is 16.9. The molecule has 2 unspecified atom stereocenters. The molecule has 2 rings (SSSR count). The number of hydrogen-bond acceptors (Lipinski definition) is 5. The normalized spacial score (nSPS) is 21.8. The Hall–Kier alpha value is -1.62. The summed E-state index contributed by atoms with van der Waals surface area (Å²) in [7, 11) is -2.19. The first kappa shape index (κ1) is 17.7. The van der Waals surface area contributed by atoms with E-state index < -0.39 is 10.0 Å². The Bertz CT molecular complexity index is 652. The Morgan fingerprint density at radius 2 is 2.09 bits per heavy atom. The minimum atomic E-state index is -3.59. The number of sulfonamides is 1. The van der Waals surface area contributed by atoms with Gasteiger partial charge >= 0.3 is 0 Å². The zero-order valence-electron chi connectivity index (χ0n) is 13.5. The predicted octanol–water partition coefficient (Wildman–Crippen LogP) is 2.06. The Kier molecular flexibility index (Phi) is 5.99. The molecule has 23 heavy (non-hydrogen) atoms. The lowest BCUT2D eigenvalue weighted by Gasteiger charge is -2.27. The van der Waals surface area contributed by atoms with Crippen molar-refractivity contribution in [3.05, 3.63) is 24.3 Å². The second kappa shape index (κ2) is 7.77. The molecule has 0 aromatic heterocycles. The van der Waals surface area contributed by atoms with Crippen LogP contribution in [0.25, 0.3) is 0 Å². The first-order valence-electron chi connectivity index (χ1n) is 7.72. The molecule has 1 aliphatic heterocycles. The molecule has 0 aliphatic carbocycles. The first-order valence-corrected chi connectivity index (χ1v) is 9.16. The number of rotatable bonds is 6. The van der Waals surface area contributed by atoms with Crippen molar-refractivity contribution in [2.45, 2.75) is 30.8 Å². The maximum absolute atomic E-state index is 12.2. The molecule has 1 N–H and O–H groups in total. The number of hydrogen-bond donors (Lipinski definition) is 1. The number of anilines is 1. The Morgan fingerprint density at radius 3 is 2.70 bits per heavy atom. The first-order chi connectivity index (χ1) is 10.9. The van der Waals surface area contributed by atoms with Gasteiger partial charge < -0.3 is 10.1 Å². The molecule has 6 nitrogen and oxygen atoms in total. The van der Waals surface area contributed by atoms with Crippen LogP contribution in [0.15, 0.2) is 29.2 Å². The molecule has 0 amide bonds. The minimum absolute atomic E-state index is 0.162. The average molecular weight is 337 g/mol. The molecule has 1 fully saturated rings. The van der Waals surface area contributed by atoms with Gasteiger partial charge in [-0.2, -0.15) is 9.57 Å². The smallest absolute Gasteiger partial charge is 0.243 e. The van der Waals surface area contributed by atoms with Gasteiger partial charge in [-0.15, -0.1) is 0 Å². The molecule has 0 spiro atoms. The Labute approximate surface area is 138 Å². The van der Waals surface area contributed by atoms with Crippen molar-refractivity contribution in [2.75, 3.05) is 32.1 Å². The van der Waals surface area contributed by atoms with Crippen molar-refractivity contribution >= 4 is 15.7 Å². The summed E-state index contributed by atoms with van der Waals surface area (Å²) < 4.78 is 31.0. The van der Waals surface area contributed by atoms with E-state index in [1.54, 1.807) is 24.3 Å². The summed E-state index contributed by atoms with van der Waals surface area (Å²) in [5.41, 5.74) is 0.894. The maximum Gasteiger partial charge on any atom is 0.243 e. The van der Waals surface area contributed by atoms with Crippen molar-refractivity contribution in [1.29, 1.82) is 5.26 Å².